The lowest BCUT2D eigenvalue weighted by Crippen LogP contribution is -2.35. The predicted molar refractivity (Wildman–Crippen MR) is 115 cm³/mol. The number of hydrogen-bond acceptors (Lipinski definition) is 5. The van der Waals surface area contributed by atoms with Gasteiger partial charge in [0.1, 0.15) is 0 Å². The third-order valence-electron chi connectivity index (χ3n) is 5.02. The monoisotopic (exact) mass is 435 g/mol. The van der Waals surface area contributed by atoms with Crippen molar-refractivity contribution in [2.45, 2.75) is 39.5 Å². The van der Waals surface area contributed by atoms with Crippen molar-refractivity contribution in [3.63, 3.8) is 0 Å². The average Bonchev–Trinajstić information content (AvgIpc) is 2.73. The number of rotatable bonds is 11. The summed E-state index contributed by atoms with van der Waals surface area (Å²) < 4.78 is 27.6. The van der Waals surface area contributed by atoms with Gasteiger partial charge in [-0.25, -0.2) is 13.1 Å². The molecule has 1 aromatic rings. The van der Waals surface area contributed by atoms with Crippen LogP contribution in [0.15, 0.2) is 53.1 Å². The molecule has 0 fully saturated rings. The molecule has 1 aliphatic carbocycles. The first-order chi connectivity index (χ1) is 14.2. The molecule has 30 heavy (non-hydrogen) atoms. The SMILES string of the molecule is CCNC(=O)[C@@H](Cc1ccccc1)C[C@H](C)CNS(=O)(=O)C1=CC=C([N+](=O)[O-])CC1. The fraction of sp³-hybridized carbons (Fsp3) is 0.476. The fourth-order valence-corrected chi connectivity index (χ4v) is 4.70. The summed E-state index contributed by atoms with van der Waals surface area (Å²) in [5.74, 6) is -0.361. The van der Waals surface area contributed by atoms with E-state index >= 15 is 0 Å². The second-order valence-electron chi connectivity index (χ2n) is 7.52. The van der Waals surface area contributed by atoms with Gasteiger partial charge >= 0.3 is 0 Å². The van der Waals surface area contributed by atoms with Crippen LogP contribution in [0.2, 0.25) is 0 Å². The van der Waals surface area contributed by atoms with Crippen LogP contribution < -0.4 is 10.0 Å². The van der Waals surface area contributed by atoms with Crippen molar-refractivity contribution in [1.29, 1.82) is 0 Å². The summed E-state index contributed by atoms with van der Waals surface area (Å²) in [7, 11) is -3.71. The van der Waals surface area contributed by atoms with E-state index in [9.17, 15) is 23.3 Å². The molecule has 2 atom stereocenters. The second kappa shape index (κ2) is 11.0. The molecule has 1 amide bonds. The third kappa shape index (κ3) is 7.07. The lowest BCUT2D eigenvalue weighted by Gasteiger charge is -2.21. The molecule has 0 aromatic heterocycles. The van der Waals surface area contributed by atoms with E-state index in [4.69, 9.17) is 0 Å². The highest BCUT2D eigenvalue weighted by Gasteiger charge is 2.26. The maximum atomic E-state index is 12.5. The Bertz CT molecular complexity index is 910. The smallest absolute Gasteiger partial charge is 0.246 e. The highest BCUT2D eigenvalue weighted by Crippen LogP contribution is 2.23. The highest BCUT2D eigenvalue weighted by atomic mass is 32.2. The van der Waals surface area contributed by atoms with Crippen LogP contribution in [0, 0.1) is 22.0 Å². The van der Waals surface area contributed by atoms with E-state index in [-0.39, 0.29) is 47.7 Å². The van der Waals surface area contributed by atoms with Crippen molar-refractivity contribution in [3.8, 4) is 0 Å². The molecule has 2 N–H and O–H groups in total. The number of sulfonamides is 1. The second-order valence-corrected chi connectivity index (χ2v) is 9.34. The lowest BCUT2D eigenvalue weighted by atomic mass is 9.89. The Balaban J connectivity index is 1.98. The molecule has 0 saturated carbocycles. The summed E-state index contributed by atoms with van der Waals surface area (Å²) in [5.41, 5.74) is 1.07. The number of nitrogens with one attached hydrogen (secondary N) is 2. The minimum Gasteiger partial charge on any atom is -0.356 e. The van der Waals surface area contributed by atoms with E-state index in [1.54, 1.807) is 0 Å². The molecule has 0 heterocycles. The molecule has 0 unspecified atom stereocenters. The van der Waals surface area contributed by atoms with Gasteiger partial charge in [-0.3, -0.25) is 14.9 Å². The third-order valence-corrected chi connectivity index (χ3v) is 6.60. The molecular formula is C21H29N3O5S. The molecule has 0 radical (unpaired) electrons. The number of allylic oxidation sites excluding steroid dienone is 4. The van der Waals surface area contributed by atoms with Gasteiger partial charge in [0.05, 0.1) is 9.83 Å². The van der Waals surface area contributed by atoms with Gasteiger partial charge in [-0.05, 0) is 43.7 Å². The van der Waals surface area contributed by atoms with Gasteiger partial charge in [0.15, 0.2) is 0 Å². The predicted octanol–water partition coefficient (Wildman–Crippen LogP) is 2.77. The Hall–Kier alpha value is -2.52. The maximum absolute atomic E-state index is 12.5. The van der Waals surface area contributed by atoms with Crippen molar-refractivity contribution in [1.82, 2.24) is 10.0 Å². The fourth-order valence-electron chi connectivity index (χ4n) is 3.40. The summed E-state index contributed by atoms with van der Waals surface area (Å²) >= 11 is 0. The van der Waals surface area contributed by atoms with Crippen molar-refractivity contribution in [2.24, 2.45) is 11.8 Å². The number of carbonyl (C=O) groups is 1. The van der Waals surface area contributed by atoms with Gasteiger partial charge in [0.25, 0.3) is 0 Å². The minimum absolute atomic E-state index is 0.00742. The molecule has 2 rings (SSSR count). The zero-order chi connectivity index (χ0) is 22.1. The lowest BCUT2D eigenvalue weighted by molar-refractivity contribution is -0.428. The summed E-state index contributed by atoms with van der Waals surface area (Å²) in [6, 6.07) is 9.73. The molecule has 0 bridgehead atoms. The topological polar surface area (TPSA) is 118 Å². The van der Waals surface area contributed by atoms with Crippen molar-refractivity contribution < 1.29 is 18.1 Å². The number of amides is 1. The molecular weight excluding hydrogens is 406 g/mol. The molecule has 1 aliphatic rings. The van der Waals surface area contributed by atoms with Gasteiger partial charge in [0, 0.05) is 31.5 Å². The molecule has 8 nitrogen and oxygen atoms in total. The molecule has 9 heteroatoms. The van der Waals surface area contributed by atoms with Gasteiger partial charge in [-0.15, -0.1) is 0 Å². The van der Waals surface area contributed by atoms with Crippen LogP contribution in [-0.4, -0.2) is 32.3 Å². The van der Waals surface area contributed by atoms with E-state index in [0.29, 0.717) is 19.4 Å². The number of nitrogens with zero attached hydrogens (tertiary/aromatic N) is 1. The summed E-state index contributed by atoms with van der Waals surface area (Å²) in [5, 5.41) is 13.6. The summed E-state index contributed by atoms with van der Waals surface area (Å²) in [6.45, 7) is 4.50. The van der Waals surface area contributed by atoms with Gasteiger partial charge in [-0.1, -0.05) is 37.3 Å². The normalized spacial score (nSPS) is 16.2. The van der Waals surface area contributed by atoms with Crippen molar-refractivity contribution >= 4 is 15.9 Å². The molecule has 1 aromatic carbocycles. The molecule has 0 spiro atoms. The van der Waals surface area contributed by atoms with Gasteiger partial charge in [0.2, 0.25) is 21.6 Å². The maximum Gasteiger partial charge on any atom is 0.246 e. The largest absolute Gasteiger partial charge is 0.356 e. The number of nitro groups is 1. The molecule has 0 aliphatic heterocycles. The van der Waals surface area contributed by atoms with E-state index in [1.807, 2.05) is 44.2 Å². The standard InChI is InChI=1S/C21H29N3O5S/c1-3-22-21(25)18(14-17-7-5-4-6-8-17)13-16(2)15-23-30(28,29)20-11-9-19(10-12-20)24(26)27/h4-9,11,16,18,23H,3,10,12-15H2,1-2H3,(H,22,25)/t16-,18+/m0/s1. The Kier molecular flexibility index (Phi) is 8.73. The van der Waals surface area contributed by atoms with Crippen LogP contribution >= 0.6 is 0 Å². The number of benzene rings is 1. The number of carbonyl (C=O) groups excluding carboxylic acids is 1. The first-order valence-electron chi connectivity index (χ1n) is 10.1. The highest BCUT2D eigenvalue weighted by molar-refractivity contribution is 7.93. The quantitative estimate of drug-likeness (QED) is 0.409. The summed E-state index contributed by atoms with van der Waals surface area (Å²) in [6.07, 6.45) is 3.85. The minimum atomic E-state index is -3.71. The van der Waals surface area contributed by atoms with Gasteiger partial charge in [-0.2, -0.15) is 0 Å². The van der Waals surface area contributed by atoms with Crippen molar-refractivity contribution in [2.75, 3.05) is 13.1 Å². The zero-order valence-electron chi connectivity index (χ0n) is 17.3. The molecule has 0 saturated heterocycles. The number of hydrogen-bond donors (Lipinski definition) is 2. The zero-order valence-corrected chi connectivity index (χ0v) is 18.2. The van der Waals surface area contributed by atoms with Crippen LogP contribution in [0.25, 0.3) is 0 Å². The van der Waals surface area contributed by atoms with Crippen LogP contribution in [-0.2, 0) is 21.2 Å². The first kappa shape index (κ1) is 23.8. The Morgan fingerprint density at radius 2 is 1.90 bits per heavy atom. The van der Waals surface area contributed by atoms with E-state index < -0.39 is 14.9 Å². The van der Waals surface area contributed by atoms with E-state index in [0.717, 1.165) is 5.56 Å². The van der Waals surface area contributed by atoms with Crippen LogP contribution in [0.3, 0.4) is 0 Å². The van der Waals surface area contributed by atoms with Crippen molar-refractivity contribution in [3.05, 3.63) is 68.8 Å². The van der Waals surface area contributed by atoms with Crippen LogP contribution in [0.4, 0.5) is 0 Å². The van der Waals surface area contributed by atoms with Crippen LogP contribution in [0.1, 0.15) is 38.7 Å². The Labute approximate surface area is 177 Å². The average molecular weight is 436 g/mol. The summed E-state index contributed by atoms with van der Waals surface area (Å²) in [4.78, 5) is 22.9. The van der Waals surface area contributed by atoms with Gasteiger partial charge < -0.3 is 5.32 Å². The van der Waals surface area contributed by atoms with E-state index in [1.165, 1.54) is 12.2 Å². The molecule has 164 valence electrons. The Morgan fingerprint density at radius 3 is 2.47 bits per heavy atom. The Morgan fingerprint density at radius 1 is 1.20 bits per heavy atom. The van der Waals surface area contributed by atoms with E-state index in [2.05, 4.69) is 10.0 Å². The first-order valence-corrected chi connectivity index (χ1v) is 11.6. The van der Waals surface area contributed by atoms with Crippen LogP contribution in [0.5, 0.6) is 0 Å².